The predicted molar refractivity (Wildman–Crippen MR) is 84.6 cm³/mol. The fraction of sp³-hybridized carbons (Fsp3) is 0.750. The van der Waals surface area contributed by atoms with Gasteiger partial charge in [0.25, 0.3) is 5.56 Å². The van der Waals surface area contributed by atoms with Crippen LogP contribution in [0.4, 0.5) is 5.69 Å². The summed E-state index contributed by atoms with van der Waals surface area (Å²) in [7, 11) is 2.19. The predicted octanol–water partition coefficient (Wildman–Crippen LogP) is 2.08. The number of aromatic nitrogens is 2. The van der Waals surface area contributed by atoms with E-state index >= 15 is 0 Å². The molecule has 1 aliphatic carbocycles. The van der Waals surface area contributed by atoms with Crippen LogP contribution in [0.25, 0.3) is 0 Å². The summed E-state index contributed by atoms with van der Waals surface area (Å²) in [6.07, 6.45) is 10.4. The number of rotatable bonds is 5. The van der Waals surface area contributed by atoms with Gasteiger partial charge in [-0.05, 0) is 52.1 Å². The average Bonchev–Trinajstić information content (AvgIpc) is 2.43. The molecule has 5 nitrogen and oxygen atoms in total. The molecule has 21 heavy (non-hydrogen) atoms. The van der Waals surface area contributed by atoms with Crippen molar-refractivity contribution < 1.29 is 0 Å². The van der Waals surface area contributed by atoms with E-state index in [4.69, 9.17) is 0 Å². The smallest absolute Gasteiger partial charge is 0.268 e. The van der Waals surface area contributed by atoms with Crippen LogP contribution in [-0.2, 0) is 6.54 Å². The zero-order chi connectivity index (χ0) is 14.7. The molecule has 1 aromatic heterocycles. The van der Waals surface area contributed by atoms with E-state index in [2.05, 4.69) is 22.4 Å². The number of aryl methyl sites for hydroxylation is 1. The van der Waals surface area contributed by atoms with E-state index in [0.29, 0.717) is 12.1 Å². The fourth-order valence-electron chi connectivity index (χ4n) is 3.25. The summed E-state index contributed by atoms with van der Waals surface area (Å²) in [6, 6.07) is 2.83. The molecule has 2 heterocycles. The minimum atomic E-state index is 0.0118. The summed E-state index contributed by atoms with van der Waals surface area (Å²) < 4.78 is 1.61. The number of anilines is 1. The Morgan fingerprint density at radius 1 is 1.29 bits per heavy atom. The lowest BCUT2D eigenvalue weighted by Crippen LogP contribution is -2.37. The summed E-state index contributed by atoms with van der Waals surface area (Å²) in [5.41, 5.74) is 0.883. The molecule has 2 fully saturated rings. The maximum Gasteiger partial charge on any atom is 0.268 e. The first-order chi connectivity index (χ1) is 10.2. The van der Waals surface area contributed by atoms with Gasteiger partial charge in [-0.1, -0.05) is 6.42 Å². The molecule has 116 valence electrons. The van der Waals surface area contributed by atoms with Crippen molar-refractivity contribution in [2.75, 3.05) is 18.9 Å². The van der Waals surface area contributed by atoms with E-state index < -0.39 is 0 Å². The van der Waals surface area contributed by atoms with Crippen molar-refractivity contribution in [3.05, 3.63) is 22.6 Å². The molecular formula is C16H26N4O. The van der Waals surface area contributed by atoms with E-state index in [1.54, 1.807) is 16.9 Å². The number of likely N-dealkylation sites (tertiary alicyclic amines) is 1. The third-order valence-corrected chi connectivity index (χ3v) is 4.94. The van der Waals surface area contributed by atoms with Crippen LogP contribution >= 0.6 is 0 Å². The maximum atomic E-state index is 12.1. The lowest BCUT2D eigenvalue weighted by molar-refractivity contribution is 0.169. The molecule has 1 aromatic rings. The molecule has 0 radical (unpaired) electrons. The van der Waals surface area contributed by atoms with Crippen molar-refractivity contribution in [1.82, 2.24) is 14.7 Å². The first-order valence-corrected chi connectivity index (χ1v) is 8.26. The second-order valence-corrected chi connectivity index (χ2v) is 6.50. The Bertz CT molecular complexity index is 523. The number of hydrogen-bond acceptors (Lipinski definition) is 4. The number of nitrogens with one attached hydrogen (secondary N) is 1. The quantitative estimate of drug-likeness (QED) is 0.902. The Hall–Kier alpha value is -1.36. The summed E-state index contributed by atoms with van der Waals surface area (Å²) in [4.78, 5) is 14.5. The largest absolute Gasteiger partial charge is 0.381 e. The van der Waals surface area contributed by atoms with Crippen LogP contribution in [-0.4, -0.2) is 40.4 Å². The lowest BCUT2D eigenvalue weighted by Gasteiger charge is -2.32. The zero-order valence-corrected chi connectivity index (χ0v) is 12.9. The van der Waals surface area contributed by atoms with Crippen molar-refractivity contribution in [2.24, 2.45) is 0 Å². The van der Waals surface area contributed by atoms with E-state index in [-0.39, 0.29) is 5.56 Å². The molecule has 1 aliphatic heterocycles. The Balaban J connectivity index is 1.56. The zero-order valence-electron chi connectivity index (χ0n) is 12.9. The standard InChI is InChI=1S/C16H26N4O/c1-19-9-3-2-7-15(19)8-10-20-16(21)11-14(12-17-20)18-13-5-4-6-13/h11-13,15,18H,2-10H2,1H3. The normalized spacial score (nSPS) is 23.8. The third-order valence-electron chi connectivity index (χ3n) is 4.94. The minimum absolute atomic E-state index is 0.0118. The van der Waals surface area contributed by atoms with Crippen LogP contribution in [0.15, 0.2) is 17.1 Å². The van der Waals surface area contributed by atoms with E-state index in [9.17, 15) is 4.79 Å². The highest BCUT2D eigenvalue weighted by Crippen LogP contribution is 2.22. The van der Waals surface area contributed by atoms with Crippen molar-refractivity contribution in [3.8, 4) is 0 Å². The second-order valence-electron chi connectivity index (χ2n) is 6.50. The van der Waals surface area contributed by atoms with Gasteiger partial charge in [0.2, 0.25) is 0 Å². The van der Waals surface area contributed by atoms with Gasteiger partial charge in [-0.15, -0.1) is 0 Å². The van der Waals surface area contributed by atoms with Gasteiger partial charge in [0.05, 0.1) is 11.9 Å². The van der Waals surface area contributed by atoms with Crippen LogP contribution in [0.3, 0.4) is 0 Å². The van der Waals surface area contributed by atoms with Crippen molar-refractivity contribution in [3.63, 3.8) is 0 Å². The highest BCUT2D eigenvalue weighted by atomic mass is 16.1. The second kappa shape index (κ2) is 6.60. The molecule has 5 heteroatoms. The minimum Gasteiger partial charge on any atom is -0.381 e. The third kappa shape index (κ3) is 3.64. The van der Waals surface area contributed by atoms with Crippen molar-refractivity contribution >= 4 is 5.69 Å². The molecule has 3 rings (SSSR count). The van der Waals surface area contributed by atoms with Gasteiger partial charge in [0, 0.05) is 24.7 Å². The molecule has 2 aliphatic rings. The van der Waals surface area contributed by atoms with Crippen LogP contribution in [0.1, 0.15) is 44.9 Å². The van der Waals surface area contributed by atoms with Crippen molar-refractivity contribution in [2.45, 2.75) is 63.6 Å². The SMILES string of the molecule is CN1CCCCC1CCn1ncc(NC2CCC2)cc1=O. The molecule has 1 atom stereocenters. The van der Waals surface area contributed by atoms with Crippen LogP contribution in [0.2, 0.25) is 0 Å². The van der Waals surface area contributed by atoms with Gasteiger partial charge in [0.15, 0.2) is 0 Å². The number of nitrogens with zero attached hydrogens (tertiary/aromatic N) is 3. The Labute approximate surface area is 126 Å². The first-order valence-electron chi connectivity index (χ1n) is 8.26. The lowest BCUT2D eigenvalue weighted by atomic mass is 9.93. The molecule has 1 saturated carbocycles. The fourth-order valence-corrected chi connectivity index (χ4v) is 3.25. The Morgan fingerprint density at radius 2 is 2.14 bits per heavy atom. The van der Waals surface area contributed by atoms with Crippen molar-refractivity contribution in [1.29, 1.82) is 0 Å². The molecule has 1 saturated heterocycles. The summed E-state index contributed by atoms with van der Waals surface area (Å²) >= 11 is 0. The summed E-state index contributed by atoms with van der Waals surface area (Å²) in [6.45, 7) is 1.90. The average molecular weight is 290 g/mol. The summed E-state index contributed by atoms with van der Waals surface area (Å²) in [5, 5.41) is 7.70. The first kappa shape index (κ1) is 14.6. The van der Waals surface area contributed by atoms with E-state index in [1.807, 2.05) is 0 Å². The monoisotopic (exact) mass is 290 g/mol. The number of piperidine rings is 1. The Morgan fingerprint density at radius 3 is 2.81 bits per heavy atom. The van der Waals surface area contributed by atoms with Gasteiger partial charge in [0.1, 0.15) is 0 Å². The van der Waals surface area contributed by atoms with Gasteiger partial charge in [-0.3, -0.25) is 4.79 Å². The number of hydrogen-bond donors (Lipinski definition) is 1. The Kier molecular flexibility index (Phi) is 4.58. The molecule has 1 N–H and O–H groups in total. The van der Waals surface area contributed by atoms with Gasteiger partial charge in [-0.2, -0.15) is 5.10 Å². The molecule has 1 unspecified atom stereocenters. The highest BCUT2D eigenvalue weighted by Gasteiger charge is 2.19. The van der Waals surface area contributed by atoms with Gasteiger partial charge < -0.3 is 10.2 Å². The highest BCUT2D eigenvalue weighted by molar-refractivity contribution is 5.40. The molecule has 0 bridgehead atoms. The van der Waals surface area contributed by atoms with Gasteiger partial charge >= 0.3 is 0 Å². The summed E-state index contributed by atoms with van der Waals surface area (Å²) in [5.74, 6) is 0. The van der Waals surface area contributed by atoms with Crippen LogP contribution < -0.4 is 10.9 Å². The maximum absolute atomic E-state index is 12.1. The molecule has 0 amide bonds. The van der Waals surface area contributed by atoms with E-state index in [0.717, 1.165) is 18.7 Å². The van der Waals surface area contributed by atoms with Gasteiger partial charge in [-0.25, -0.2) is 4.68 Å². The molecule has 0 aromatic carbocycles. The van der Waals surface area contributed by atoms with Crippen LogP contribution in [0, 0.1) is 0 Å². The topological polar surface area (TPSA) is 50.2 Å². The molecular weight excluding hydrogens is 264 g/mol. The van der Waals surface area contributed by atoms with E-state index in [1.165, 1.54) is 45.1 Å². The molecule has 0 spiro atoms. The van der Waals surface area contributed by atoms with Crippen LogP contribution in [0.5, 0.6) is 0 Å².